The van der Waals surface area contributed by atoms with Gasteiger partial charge in [-0.3, -0.25) is 0 Å². The molecule has 0 amide bonds. The molecule has 1 aliphatic carbocycles. The van der Waals surface area contributed by atoms with Crippen LogP contribution in [-0.2, 0) is 0 Å². The number of benzene rings is 2. The summed E-state index contributed by atoms with van der Waals surface area (Å²) in [6, 6.07) is 15.9. The van der Waals surface area contributed by atoms with Gasteiger partial charge in [0, 0.05) is 11.4 Å². The van der Waals surface area contributed by atoms with E-state index >= 15 is 0 Å². The molecule has 1 heterocycles. The van der Waals surface area contributed by atoms with Gasteiger partial charge in [-0.05, 0) is 50.8 Å². The standard InChI is InChI=1S/C21H22N2S/c1-14-4-7-17(8-5-14)20-13-24-21(23(20)18-9-10-18)22-19-11-6-15(2)12-16(19)3/h4-8,11-13,18H,9-10H2,1-3H3. The van der Waals surface area contributed by atoms with Crippen molar-refractivity contribution >= 4 is 17.0 Å². The molecule has 24 heavy (non-hydrogen) atoms. The number of aryl methyl sites for hydroxylation is 3. The maximum Gasteiger partial charge on any atom is 0.190 e. The Labute approximate surface area is 147 Å². The van der Waals surface area contributed by atoms with Gasteiger partial charge in [0.05, 0.1) is 11.4 Å². The fourth-order valence-corrected chi connectivity index (χ4v) is 4.04. The van der Waals surface area contributed by atoms with Crippen molar-refractivity contribution in [2.45, 2.75) is 39.7 Å². The summed E-state index contributed by atoms with van der Waals surface area (Å²) in [4.78, 5) is 6.10. The summed E-state index contributed by atoms with van der Waals surface area (Å²) in [6.45, 7) is 6.40. The number of thiazole rings is 1. The molecule has 122 valence electrons. The number of rotatable bonds is 3. The van der Waals surface area contributed by atoms with Gasteiger partial charge in [-0.15, -0.1) is 11.3 Å². The molecule has 0 spiro atoms. The molecule has 0 bridgehead atoms. The number of nitrogens with zero attached hydrogens (tertiary/aromatic N) is 2. The Morgan fingerprint density at radius 3 is 2.33 bits per heavy atom. The Morgan fingerprint density at radius 2 is 1.67 bits per heavy atom. The third-order valence-corrected chi connectivity index (χ3v) is 5.41. The lowest BCUT2D eigenvalue weighted by molar-refractivity contribution is 0.724. The van der Waals surface area contributed by atoms with Crippen LogP contribution in [0, 0.1) is 20.8 Å². The van der Waals surface area contributed by atoms with Crippen LogP contribution in [0.5, 0.6) is 0 Å². The minimum atomic E-state index is 0.608. The van der Waals surface area contributed by atoms with Crippen LogP contribution in [0.4, 0.5) is 5.69 Å². The molecule has 3 heteroatoms. The summed E-state index contributed by atoms with van der Waals surface area (Å²) in [5, 5.41) is 2.26. The van der Waals surface area contributed by atoms with E-state index in [-0.39, 0.29) is 0 Å². The molecule has 0 N–H and O–H groups in total. The zero-order chi connectivity index (χ0) is 16.7. The van der Waals surface area contributed by atoms with E-state index in [9.17, 15) is 0 Å². The van der Waals surface area contributed by atoms with Gasteiger partial charge in [-0.2, -0.15) is 0 Å². The molecule has 0 radical (unpaired) electrons. The van der Waals surface area contributed by atoms with E-state index in [1.807, 2.05) is 0 Å². The zero-order valence-electron chi connectivity index (χ0n) is 14.4. The first-order valence-electron chi connectivity index (χ1n) is 8.51. The van der Waals surface area contributed by atoms with Gasteiger partial charge in [0.2, 0.25) is 0 Å². The SMILES string of the molecule is Cc1ccc(-c2csc(=Nc3ccc(C)cc3C)n2C2CC2)cc1. The van der Waals surface area contributed by atoms with Crippen molar-refractivity contribution in [3.8, 4) is 11.3 Å². The molecule has 1 fully saturated rings. The van der Waals surface area contributed by atoms with Gasteiger partial charge in [-0.1, -0.05) is 47.5 Å². The lowest BCUT2D eigenvalue weighted by Crippen LogP contribution is -2.14. The normalized spacial score (nSPS) is 15.0. The van der Waals surface area contributed by atoms with E-state index in [0.717, 1.165) is 10.5 Å². The average Bonchev–Trinajstić information content (AvgIpc) is 3.31. The molecule has 1 aromatic heterocycles. The summed E-state index contributed by atoms with van der Waals surface area (Å²) in [5.74, 6) is 0. The second kappa shape index (κ2) is 6.06. The number of hydrogen-bond acceptors (Lipinski definition) is 2. The fourth-order valence-electron chi connectivity index (χ4n) is 3.06. The molecule has 4 rings (SSSR count). The highest BCUT2D eigenvalue weighted by atomic mass is 32.1. The van der Waals surface area contributed by atoms with Crippen LogP contribution < -0.4 is 4.80 Å². The van der Waals surface area contributed by atoms with E-state index in [4.69, 9.17) is 4.99 Å². The zero-order valence-corrected chi connectivity index (χ0v) is 15.2. The molecule has 1 saturated carbocycles. The van der Waals surface area contributed by atoms with Gasteiger partial charge in [0.25, 0.3) is 0 Å². The number of aromatic nitrogens is 1. The summed E-state index contributed by atoms with van der Waals surface area (Å²) >= 11 is 1.75. The fraction of sp³-hybridized carbons (Fsp3) is 0.286. The van der Waals surface area contributed by atoms with Crippen molar-refractivity contribution in [1.82, 2.24) is 4.57 Å². The molecule has 3 aromatic rings. The van der Waals surface area contributed by atoms with Crippen molar-refractivity contribution in [3.63, 3.8) is 0 Å². The summed E-state index contributed by atoms with van der Waals surface area (Å²) in [7, 11) is 0. The van der Waals surface area contributed by atoms with Crippen molar-refractivity contribution in [2.24, 2.45) is 4.99 Å². The third kappa shape index (κ3) is 2.96. The molecule has 0 aliphatic heterocycles. The maximum atomic E-state index is 4.99. The highest BCUT2D eigenvalue weighted by molar-refractivity contribution is 7.07. The average molecular weight is 334 g/mol. The third-order valence-electron chi connectivity index (χ3n) is 4.57. The van der Waals surface area contributed by atoms with Gasteiger partial charge in [0.1, 0.15) is 0 Å². The first kappa shape index (κ1) is 15.4. The molecule has 0 saturated heterocycles. The van der Waals surface area contributed by atoms with Crippen LogP contribution in [-0.4, -0.2) is 4.57 Å². The van der Waals surface area contributed by atoms with Crippen LogP contribution in [0.3, 0.4) is 0 Å². The van der Waals surface area contributed by atoms with Crippen LogP contribution in [0.2, 0.25) is 0 Å². The highest BCUT2D eigenvalue weighted by Gasteiger charge is 2.27. The van der Waals surface area contributed by atoms with Crippen LogP contribution in [0.1, 0.15) is 35.6 Å². The highest BCUT2D eigenvalue weighted by Crippen LogP contribution is 2.38. The lowest BCUT2D eigenvalue weighted by atomic mass is 10.1. The van der Waals surface area contributed by atoms with Crippen molar-refractivity contribution in [2.75, 3.05) is 0 Å². The molecular weight excluding hydrogens is 312 g/mol. The summed E-state index contributed by atoms with van der Waals surface area (Å²) in [5.41, 5.74) is 7.48. The summed E-state index contributed by atoms with van der Waals surface area (Å²) < 4.78 is 2.44. The minimum absolute atomic E-state index is 0.608. The monoisotopic (exact) mass is 334 g/mol. The van der Waals surface area contributed by atoms with Crippen LogP contribution in [0.25, 0.3) is 11.3 Å². The van der Waals surface area contributed by atoms with E-state index < -0.39 is 0 Å². The largest absolute Gasteiger partial charge is 0.313 e. The quantitative estimate of drug-likeness (QED) is 0.584. The molecule has 1 aliphatic rings. The second-order valence-corrected chi connectivity index (χ2v) is 7.61. The van der Waals surface area contributed by atoms with Crippen molar-refractivity contribution in [1.29, 1.82) is 0 Å². The Morgan fingerprint density at radius 1 is 0.958 bits per heavy atom. The van der Waals surface area contributed by atoms with E-state index in [0.29, 0.717) is 6.04 Å². The predicted octanol–water partition coefficient (Wildman–Crippen LogP) is 5.71. The Kier molecular flexibility index (Phi) is 3.89. The summed E-state index contributed by atoms with van der Waals surface area (Å²) in [6.07, 6.45) is 2.52. The molecule has 0 unspecified atom stereocenters. The minimum Gasteiger partial charge on any atom is -0.313 e. The van der Waals surface area contributed by atoms with Crippen LogP contribution in [0.15, 0.2) is 52.8 Å². The van der Waals surface area contributed by atoms with E-state index in [1.54, 1.807) is 11.3 Å². The molecule has 2 aromatic carbocycles. The lowest BCUT2D eigenvalue weighted by Gasteiger charge is -2.08. The van der Waals surface area contributed by atoms with E-state index in [2.05, 4.69) is 73.2 Å². The predicted molar refractivity (Wildman–Crippen MR) is 102 cm³/mol. The first-order valence-corrected chi connectivity index (χ1v) is 9.39. The topological polar surface area (TPSA) is 17.3 Å². The Hall–Kier alpha value is -2.13. The maximum absolute atomic E-state index is 4.99. The number of hydrogen-bond donors (Lipinski definition) is 0. The Balaban J connectivity index is 1.85. The van der Waals surface area contributed by atoms with Gasteiger partial charge >= 0.3 is 0 Å². The Bertz CT molecular complexity index is 941. The molecule has 2 nitrogen and oxygen atoms in total. The van der Waals surface area contributed by atoms with E-state index in [1.165, 1.54) is 40.8 Å². The second-order valence-electron chi connectivity index (χ2n) is 6.77. The van der Waals surface area contributed by atoms with Gasteiger partial charge in [0.15, 0.2) is 4.80 Å². The first-order chi connectivity index (χ1) is 11.6. The van der Waals surface area contributed by atoms with Crippen molar-refractivity contribution in [3.05, 3.63) is 69.3 Å². The van der Waals surface area contributed by atoms with Crippen molar-refractivity contribution < 1.29 is 0 Å². The van der Waals surface area contributed by atoms with Gasteiger partial charge < -0.3 is 4.57 Å². The van der Waals surface area contributed by atoms with Gasteiger partial charge in [-0.25, -0.2) is 4.99 Å². The smallest absolute Gasteiger partial charge is 0.190 e. The molecular formula is C21H22N2S. The van der Waals surface area contributed by atoms with Crippen LogP contribution >= 0.6 is 11.3 Å². The molecule has 0 atom stereocenters.